The molecule has 0 radical (unpaired) electrons. The number of benzene rings is 1. The lowest BCUT2D eigenvalue weighted by atomic mass is 10.3. The molecule has 106 valence electrons. The molecule has 1 aromatic carbocycles. The molecule has 2 aromatic rings. The van der Waals surface area contributed by atoms with Gasteiger partial charge in [-0.1, -0.05) is 27.7 Å². The Morgan fingerprint density at radius 3 is 2.95 bits per heavy atom. The third-order valence-corrected chi connectivity index (χ3v) is 3.94. The zero-order valence-electron chi connectivity index (χ0n) is 10.4. The van der Waals surface area contributed by atoms with Crippen molar-refractivity contribution in [3.63, 3.8) is 0 Å². The summed E-state index contributed by atoms with van der Waals surface area (Å²) in [5.41, 5.74) is 0.125. The highest BCUT2D eigenvalue weighted by Crippen LogP contribution is 2.23. The van der Waals surface area contributed by atoms with Crippen LogP contribution in [0.1, 0.15) is 6.92 Å². The fourth-order valence-electron chi connectivity index (χ4n) is 1.35. The van der Waals surface area contributed by atoms with E-state index in [2.05, 4.69) is 31.4 Å². The van der Waals surface area contributed by atoms with Gasteiger partial charge in [-0.3, -0.25) is 4.79 Å². The zero-order chi connectivity index (χ0) is 14.7. The number of hydrogen-bond donors (Lipinski definition) is 2. The summed E-state index contributed by atoms with van der Waals surface area (Å²) in [6.45, 7) is 1.67. The molecular weight excluding hydrogens is 349 g/mol. The molecule has 0 spiro atoms. The Balaban J connectivity index is 2.02. The van der Waals surface area contributed by atoms with Crippen molar-refractivity contribution in [2.45, 2.75) is 17.3 Å². The van der Waals surface area contributed by atoms with Gasteiger partial charge >= 0.3 is 0 Å². The van der Waals surface area contributed by atoms with Crippen molar-refractivity contribution in [1.82, 2.24) is 14.9 Å². The van der Waals surface area contributed by atoms with Gasteiger partial charge in [0.05, 0.1) is 10.9 Å². The fraction of sp³-hybridized carbons (Fsp3) is 0.182. The molecule has 0 saturated carbocycles. The Morgan fingerprint density at radius 2 is 2.35 bits per heavy atom. The maximum Gasteiger partial charge on any atom is 0.237 e. The Kier molecular flexibility index (Phi) is 4.61. The number of halogens is 2. The van der Waals surface area contributed by atoms with Gasteiger partial charge in [-0.15, -0.1) is 10.2 Å². The highest BCUT2D eigenvalue weighted by Gasteiger charge is 2.18. The Hall–Kier alpha value is -1.61. The summed E-state index contributed by atoms with van der Waals surface area (Å²) in [5.74, 6) is 4.70. The second-order valence-electron chi connectivity index (χ2n) is 3.89. The third-order valence-electron chi connectivity index (χ3n) is 2.38. The Bertz CT molecular complexity index is 635. The Morgan fingerprint density at radius 1 is 1.60 bits per heavy atom. The molecule has 20 heavy (non-hydrogen) atoms. The summed E-state index contributed by atoms with van der Waals surface area (Å²) >= 11 is 4.28. The normalized spacial score (nSPS) is 12.2. The minimum atomic E-state index is -0.507. The number of amides is 1. The van der Waals surface area contributed by atoms with E-state index in [1.807, 2.05) is 0 Å². The fourth-order valence-corrected chi connectivity index (χ4v) is 2.43. The van der Waals surface area contributed by atoms with Crippen molar-refractivity contribution < 1.29 is 9.18 Å². The number of nitrogens with two attached hydrogens (primary N) is 1. The largest absolute Gasteiger partial charge is 0.336 e. The summed E-state index contributed by atoms with van der Waals surface area (Å²) in [7, 11) is 0. The van der Waals surface area contributed by atoms with Crippen molar-refractivity contribution in [3.05, 3.63) is 34.8 Å². The van der Waals surface area contributed by atoms with Crippen LogP contribution < -0.4 is 11.2 Å². The smallest absolute Gasteiger partial charge is 0.237 e. The topological polar surface area (TPSA) is 85.8 Å². The average molecular weight is 360 g/mol. The van der Waals surface area contributed by atoms with E-state index in [-0.39, 0.29) is 11.6 Å². The quantitative estimate of drug-likeness (QED) is 0.644. The summed E-state index contributed by atoms with van der Waals surface area (Å²) < 4.78 is 15.4. The second-order valence-corrected chi connectivity index (χ2v) is 6.12. The first kappa shape index (κ1) is 14.8. The van der Waals surface area contributed by atoms with Crippen molar-refractivity contribution in [2.75, 3.05) is 11.2 Å². The first-order chi connectivity index (χ1) is 9.47. The molecular formula is C11H11BrFN5OS. The van der Waals surface area contributed by atoms with Crippen LogP contribution in [0, 0.1) is 5.82 Å². The van der Waals surface area contributed by atoms with Gasteiger partial charge < -0.3 is 11.2 Å². The van der Waals surface area contributed by atoms with Crippen LogP contribution in [0.3, 0.4) is 0 Å². The number of carbonyl (C=O) groups excluding carboxylic acids is 1. The summed E-state index contributed by atoms with van der Waals surface area (Å²) in [6.07, 6.45) is 1.33. The molecule has 9 heteroatoms. The van der Waals surface area contributed by atoms with Gasteiger partial charge in [0, 0.05) is 4.47 Å². The van der Waals surface area contributed by atoms with Gasteiger partial charge in [0.1, 0.15) is 12.1 Å². The van der Waals surface area contributed by atoms with E-state index >= 15 is 0 Å². The van der Waals surface area contributed by atoms with Crippen LogP contribution in [-0.2, 0) is 4.79 Å². The van der Waals surface area contributed by atoms with Gasteiger partial charge in [-0.05, 0) is 25.1 Å². The zero-order valence-corrected chi connectivity index (χ0v) is 12.8. The predicted octanol–water partition coefficient (Wildman–Crippen LogP) is 2.01. The SMILES string of the molecule is C[C@@H](Sc1nncn1N)C(=O)Nc1ccc(Br)cc1F. The van der Waals surface area contributed by atoms with Gasteiger partial charge in [0.25, 0.3) is 0 Å². The van der Waals surface area contributed by atoms with Crippen molar-refractivity contribution >= 4 is 39.3 Å². The van der Waals surface area contributed by atoms with Crippen molar-refractivity contribution in [3.8, 4) is 0 Å². The molecule has 2 rings (SSSR count). The van der Waals surface area contributed by atoms with Crippen LogP contribution in [0.15, 0.2) is 34.2 Å². The lowest BCUT2D eigenvalue weighted by molar-refractivity contribution is -0.115. The van der Waals surface area contributed by atoms with Crippen LogP contribution in [-0.4, -0.2) is 26.0 Å². The van der Waals surface area contributed by atoms with Crippen molar-refractivity contribution in [2.24, 2.45) is 0 Å². The van der Waals surface area contributed by atoms with E-state index in [1.54, 1.807) is 13.0 Å². The molecule has 1 atom stereocenters. The molecule has 3 N–H and O–H groups in total. The van der Waals surface area contributed by atoms with E-state index in [0.29, 0.717) is 9.63 Å². The lowest BCUT2D eigenvalue weighted by Gasteiger charge is -2.11. The second kappa shape index (κ2) is 6.23. The van der Waals surface area contributed by atoms with Crippen LogP contribution in [0.5, 0.6) is 0 Å². The van der Waals surface area contributed by atoms with Gasteiger partial charge in [0.2, 0.25) is 11.1 Å². The third kappa shape index (κ3) is 3.48. The number of nitrogen functional groups attached to an aromatic ring is 1. The van der Waals surface area contributed by atoms with Gasteiger partial charge in [0.15, 0.2) is 0 Å². The van der Waals surface area contributed by atoms with E-state index in [4.69, 9.17) is 5.84 Å². The first-order valence-corrected chi connectivity index (χ1v) is 7.22. The average Bonchev–Trinajstić information content (AvgIpc) is 2.78. The summed E-state index contributed by atoms with van der Waals surface area (Å²) in [5, 5.41) is 9.80. The van der Waals surface area contributed by atoms with E-state index in [1.165, 1.54) is 23.1 Å². The minimum Gasteiger partial charge on any atom is -0.336 e. The molecule has 0 fully saturated rings. The predicted molar refractivity (Wildman–Crippen MR) is 78.2 cm³/mol. The standard InChI is InChI=1S/C11H11BrFN5OS/c1-6(20-11-17-15-5-18(11)14)10(19)16-9-3-2-7(12)4-8(9)13/h2-6H,14H2,1H3,(H,16,19)/t6-/m1/s1. The van der Waals surface area contributed by atoms with Crippen molar-refractivity contribution in [1.29, 1.82) is 0 Å². The van der Waals surface area contributed by atoms with Crippen LogP contribution >= 0.6 is 27.7 Å². The Labute approximate surface area is 127 Å². The molecule has 0 bridgehead atoms. The highest BCUT2D eigenvalue weighted by molar-refractivity contribution is 9.10. The van der Waals surface area contributed by atoms with Crippen LogP contribution in [0.4, 0.5) is 10.1 Å². The number of carbonyl (C=O) groups is 1. The number of thioether (sulfide) groups is 1. The van der Waals surface area contributed by atoms with E-state index in [0.717, 1.165) is 11.8 Å². The molecule has 0 unspecified atom stereocenters. The van der Waals surface area contributed by atoms with Gasteiger partial charge in [-0.2, -0.15) is 0 Å². The molecule has 1 heterocycles. The number of aromatic nitrogens is 3. The number of anilines is 1. The molecule has 1 aromatic heterocycles. The molecule has 0 aliphatic carbocycles. The van der Waals surface area contributed by atoms with E-state index in [9.17, 15) is 9.18 Å². The molecule has 1 amide bonds. The van der Waals surface area contributed by atoms with Crippen LogP contribution in [0.2, 0.25) is 0 Å². The van der Waals surface area contributed by atoms with Gasteiger partial charge in [-0.25, -0.2) is 9.07 Å². The summed E-state index contributed by atoms with van der Waals surface area (Å²) in [4.78, 5) is 12.0. The molecule has 0 saturated heterocycles. The molecule has 0 aliphatic heterocycles. The monoisotopic (exact) mass is 359 g/mol. The molecule has 6 nitrogen and oxygen atoms in total. The highest BCUT2D eigenvalue weighted by atomic mass is 79.9. The van der Waals surface area contributed by atoms with E-state index < -0.39 is 11.1 Å². The number of nitrogens with one attached hydrogen (secondary N) is 1. The first-order valence-electron chi connectivity index (χ1n) is 5.55. The number of hydrogen-bond acceptors (Lipinski definition) is 5. The summed E-state index contributed by atoms with van der Waals surface area (Å²) in [6, 6.07) is 4.41. The lowest BCUT2D eigenvalue weighted by Crippen LogP contribution is -2.24. The number of rotatable bonds is 4. The minimum absolute atomic E-state index is 0.125. The number of nitrogens with zero attached hydrogens (tertiary/aromatic N) is 3. The molecule has 0 aliphatic rings. The maximum absolute atomic E-state index is 13.6. The maximum atomic E-state index is 13.6. The van der Waals surface area contributed by atoms with Crippen LogP contribution in [0.25, 0.3) is 0 Å².